The second kappa shape index (κ2) is 5.71. The van der Waals surface area contributed by atoms with E-state index in [2.05, 4.69) is 31.9 Å². The van der Waals surface area contributed by atoms with E-state index >= 15 is 0 Å². The van der Waals surface area contributed by atoms with Gasteiger partial charge in [-0.3, -0.25) is 0 Å². The highest BCUT2D eigenvalue weighted by atomic mass is 79.9. The first kappa shape index (κ1) is 14.0. The fraction of sp³-hybridized carbons (Fsp3) is 0. The minimum Gasteiger partial charge on any atom is -0.478 e. The standard InChI is InChI=1S/C13H7Br2FO3/c14-7-2-4-11(9(5-7)13(17)18)19-12-6-8(15)1-3-10(12)16/h1-6H,(H,17,18). The summed E-state index contributed by atoms with van der Waals surface area (Å²) in [6.45, 7) is 0. The number of carbonyl (C=O) groups is 1. The molecule has 2 aromatic rings. The number of carboxylic acids is 1. The van der Waals surface area contributed by atoms with Gasteiger partial charge in [-0.2, -0.15) is 0 Å². The van der Waals surface area contributed by atoms with Crippen LogP contribution < -0.4 is 4.74 Å². The van der Waals surface area contributed by atoms with Gasteiger partial charge in [-0.05, 0) is 36.4 Å². The Labute approximate surface area is 125 Å². The maximum absolute atomic E-state index is 13.6. The van der Waals surface area contributed by atoms with Crippen LogP contribution >= 0.6 is 31.9 Å². The van der Waals surface area contributed by atoms with E-state index in [0.29, 0.717) is 8.95 Å². The number of benzene rings is 2. The van der Waals surface area contributed by atoms with Gasteiger partial charge in [-0.1, -0.05) is 31.9 Å². The number of halogens is 3. The molecule has 0 saturated heterocycles. The summed E-state index contributed by atoms with van der Waals surface area (Å²) in [5.41, 5.74) is -0.0475. The zero-order valence-electron chi connectivity index (χ0n) is 9.36. The Morgan fingerprint density at radius 3 is 2.37 bits per heavy atom. The molecule has 0 saturated carbocycles. The molecule has 6 heteroatoms. The Kier molecular flexibility index (Phi) is 4.21. The molecule has 2 rings (SSSR count). The van der Waals surface area contributed by atoms with Gasteiger partial charge in [-0.15, -0.1) is 0 Å². The molecule has 0 aliphatic heterocycles. The van der Waals surface area contributed by atoms with Crippen LogP contribution in [0.4, 0.5) is 4.39 Å². The minimum atomic E-state index is -1.15. The van der Waals surface area contributed by atoms with Gasteiger partial charge < -0.3 is 9.84 Å². The summed E-state index contributed by atoms with van der Waals surface area (Å²) >= 11 is 6.37. The van der Waals surface area contributed by atoms with Crippen LogP contribution in [0.2, 0.25) is 0 Å². The summed E-state index contributed by atoms with van der Waals surface area (Å²) in [5.74, 6) is -1.68. The van der Waals surface area contributed by atoms with Crippen molar-refractivity contribution in [2.24, 2.45) is 0 Å². The van der Waals surface area contributed by atoms with Crippen LogP contribution in [0.1, 0.15) is 10.4 Å². The number of aromatic carboxylic acids is 1. The molecule has 98 valence electrons. The van der Waals surface area contributed by atoms with Crippen LogP contribution in [0.15, 0.2) is 45.3 Å². The normalized spacial score (nSPS) is 10.3. The Morgan fingerprint density at radius 2 is 1.68 bits per heavy atom. The van der Waals surface area contributed by atoms with Crippen LogP contribution in [0.3, 0.4) is 0 Å². The summed E-state index contributed by atoms with van der Waals surface area (Å²) in [4.78, 5) is 11.1. The van der Waals surface area contributed by atoms with Crippen LogP contribution in [0.5, 0.6) is 11.5 Å². The van der Waals surface area contributed by atoms with Gasteiger partial charge in [-0.25, -0.2) is 9.18 Å². The minimum absolute atomic E-state index is 0.0424. The summed E-state index contributed by atoms with van der Waals surface area (Å²) in [6, 6.07) is 8.68. The summed E-state index contributed by atoms with van der Waals surface area (Å²) in [7, 11) is 0. The van der Waals surface area contributed by atoms with Crippen LogP contribution in [0.25, 0.3) is 0 Å². The van der Waals surface area contributed by atoms with E-state index in [9.17, 15) is 9.18 Å². The van der Waals surface area contributed by atoms with Gasteiger partial charge in [0, 0.05) is 8.95 Å². The molecule has 0 fully saturated rings. The average molecular weight is 390 g/mol. The summed E-state index contributed by atoms with van der Waals surface area (Å²) < 4.78 is 20.1. The molecule has 0 heterocycles. The van der Waals surface area contributed by atoms with Crippen molar-refractivity contribution in [1.29, 1.82) is 0 Å². The van der Waals surface area contributed by atoms with Gasteiger partial charge in [0.05, 0.1) is 0 Å². The van der Waals surface area contributed by atoms with E-state index in [4.69, 9.17) is 9.84 Å². The molecule has 3 nitrogen and oxygen atoms in total. The summed E-state index contributed by atoms with van der Waals surface area (Å²) in [6.07, 6.45) is 0. The van der Waals surface area contributed by atoms with E-state index in [1.165, 1.54) is 30.3 Å². The van der Waals surface area contributed by atoms with Crippen molar-refractivity contribution in [3.63, 3.8) is 0 Å². The van der Waals surface area contributed by atoms with Gasteiger partial charge in [0.25, 0.3) is 0 Å². The lowest BCUT2D eigenvalue weighted by Crippen LogP contribution is -2.00. The number of carboxylic acid groups (broad SMARTS) is 1. The zero-order chi connectivity index (χ0) is 14.0. The molecule has 0 aliphatic carbocycles. The van der Waals surface area contributed by atoms with Crippen molar-refractivity contribution in [3.8, 4) is 11.5 Å². The van der Waals surface area contributed by atoms with E-state index in [-0.39, 0.29) is 17.1 Å². The van der Waals surface area contributed by atoms with Crippen LogP contribution in [0, 0.1) is 5.82 Å². The zero-order valence-corrected chi connectivity index (χ0v) is 12.5. The molecule has 0 unspecified atom stereocenters. The SMILES string of the molecule is O=C(O)c1cc(Br)ccc1Oc1cc(Br)ccc1F. The third kappa shape index (κ3) is 3.33. The van der Waals surface area contributed by atoms with Crippen molar-refractivity contribution in [3.05, 3.63) is 56.7 Å². The number of hydrogen-bond acceptors (Lipinski definition) is 2. The first-order chi connectivity index (χ1) is 8.97. The molecule has 1 N–H and O–H groups in total. The quantitative estimate of drug-likeness (QED) is 0.816. The second-order valence-electron chi connectivity index (χ2n) is 3.62. The first-order valence-corrected chi connectivity index (χ1v) is 6.71. The smallest absolute Gasteiger partial charge is 0.339 e. The van der Waals surface area contributed by atoms with Gasteiger partial charge in [0.15, 0.2) is 11.6 Å². The lowest BCUT2D eigenvalue weighted by atomic mass is 10.2. The molecule has 2 aromatic carbocycles. The van der Waals surface area contributed by atoms with Gasteiger partial charge in [0.2, 0.25) is 0 Å². The van der Waals surface area contributed by atoms with Crippen LogP contribution in [-0.2, 0) is 0 Å². The third-order valence-corrected chi connectivity index (χ3v) is 3.27. The third-order valence-electron chi connectivity index (χ3n) is 2.29. The monoisotopic (exact) mass is 388 g/mol. The molecule has 0 aromatic heterocycles. The van der Waals surface area contributed by atoms with Crippen LogP contribution in [-0.4, -0.2) is 11.1 Å². The molecule has 0 amide bonds. The van der Waals surface area contributed by atoms with Crippen molar-refractivity contribution in [2.75, 3.05) is 0 Å². The predicted molar refractivity (Wildman–Crippen MR) is 75.3 cm³/mol. The topological polar surface area (TPSA) is 46.5 Å². The largest absolute Gasteiger partial charge is 0.478 e. The lowest BCUT2D eigenvalue weighted by Gasteiger charge is -2.10. The Morgan fingerprint density at radius 1 is 1.05 bits per heavy atom. The Hall–Kier alpha value is -1.40. The molecule has 0 atom stereocenters. The molecule has 0 bridgehead atoms. The molecule has 19 heavy (non-hydrogen) atoms. The van der Waals surface area contributed by atoms with Crippen molar-refractivity contribution in [1.82, 2.24) is 0 Å². The van der Waals surface area contributed by atoms with Gasteiger partial charge in [0.1, 0.15) is 11.3 Å². The lowest BCUT2D eigenvalue weighted by molar-refractivity contribution is 0.0694. The van der Waals surface area contributed by atoms with Crippen molar-refractivity contribution < 1.29 is 19.0 Å². The highest BCUT2D eigenvalue weighted by Gasteiger charge is 2.14. The molecular weight excluding hydrogens is 383 g/mol. The predicted octanol–water partition coefficient (Wildman–Crippen LogP) is 4.84. The maximum Gasteiger partial charge on any atom is 0.339 e. The number of ether oxygens (including phenoxy) is 1. The Balaban J connectivity index is 2.43. The average Bonchev–Trinajstić information content (AvgIpc) is 2.35. The second-order valence-corrected chi connectivity index (χ2v) is 5.45. The molecule has 0 spiro atoms. The maximum atomic E-state index is 13.6. The Bertz CT molecular complexity index is 644. The summed E-state index contributed by atoms with van der Waals surface area (Å²) in [5, 5.41) is 9.09. The molecule has 0 radical (unpaired) electrons. The molecular formula is C13H7Br2FO3. The fourth-order valence-electron chi connectivity index (χ4n) is 1.43. The highest BCUT2D eigenvalue weighted by molar-refractivity contribution is 9.10. The first-order valence-electron chi connectivity index (χ1n) is 5.13. The van der Waals surface area contributed by atoms with E-state index in [1.807, 2.05) is 0 Å². The molecule has 0 aliphatic rings. The van der Waals surface area contributed by atoms with E-state index in [1.54, 1.807) is 6.07 Å². The van der Waals surface area contributed by atoms with Crippen molar-refractivity contribution in [2.45, 2.75) is 0 Å². The van der Waals surface area contributed by atoms with Crippen molar-refractivity contribution >= 4 is 37.8 Å². The van der Waals surface area contributed by atoms with E-state index < -0.39 is 11.8 Å². The van der Waals surface area contributed by atoms with E-state index in [0.717, 1.165) is 0 Å². The van der Waals surface area contributed by atoms with Gasteiger partial charge >= 0.3 is 5.97 Å². The fourth-order valence-corrected chi connectivity index (χ4v) is 2.13. The number of hydrogen-bond donors (Lipinski definition) is 1. The number of rotatable bonds is 3. The highest BCUT2D eigenvalue weighted by Crippen LogP contribution is 2.31.